The molecule has 0 fully saturated rings. The fourth-order valence-corrected chi connectivity index (χ4v) is 3.18. The molecule has 2 rings (SSSR count). The topological polar surface area (TPSA) is 9.23 Å². The number of ether oxygens (including phenoxy) is 1. The van der Waals surface area contributed by atoms with Crippen LogP contribution in [0.15, 0.2) is 36.4 Å². The normalized spacial score (nSPS) is 14.2. The molecule has 0 amide bonds. The van der Waals surface area contributed by atoms with Crippen LogP contribution in [0.2, 0.25) is 0 Å². The summed E-state index contributed by atoms with van der Waals surface area (Å²) in [5.41, 5.74) is 0.993. The van der Waals surface area contributed by atoms with Crippen LogP contribution in [0.1, 0.15) is 28.2 Å². The SMILES string of the molecule is COc1ccc(C(c2ccc(C)s2)C(C)F)cc1. The van der Waals surface area contributed by atoms with Gasteiger partial charge in [-0.2, -0.15) is 0 Å². The van der Waals surface area contributed by atoms with Gasteiger partial charge in [0.2, 0.25) is 0 Å². The van der Waals surface area contributed by atoms with Crippen molar-refractivity contribution in [1.29, 1.82) is 0 Å². The van der Waals surface area contributed by atoms with Gasteiger partial charge in [-0.1, -0.05) is 12.1 Å². The maximum absolute atomic E-state index is 13.9. The van der Waals surface area contributed by atoms with E-state index < -0.39 is 6.17 Å². The zero-order valence-electron chi connectivity index (χ0n) is 10.8. The molecule has 0 bridgehead atoms. The van der Waals surface area contributed by atoms with Crippen LogP contribution in [0.3, 0.4) is 0 Å². The molecule has 0 spiro atoms. The van der Waals surface area contributed by atoms with Crippen LogP contribution in [0.25, 0.3) is 0 Å². The Hall–Kier alpha value is -1.35. The predicted molar refractivity (Wildman–Crippen MR) is 74.5 cm³/mol. The van der Waals surface area contributed by atoms with Gasteiger partial charge in [0, 0.05) is 15.7 Å². The van der Waals surface area contributed by atoms with Crippen molar-refractivity contribution in [2.75, 3.05) is 7.11 Å². The number of thiophene rings is 1. The van der Waals surface area contributed by atoms with Gasteiger partial charge in [0.15, 0.2) is 0 Å². The molecule has 2 unspecified atom stereocenters. The molecule has 1 nitrogen and oxygen atoms in total. The molecule has 1 heterocycles. The van der Waals surface area contributed by atoms with Crippen LogP contribution in [-0.2, 0) is 0 Å². The largest absolute Gasteiger partial charge is 0.497 e. The van der Waals surface area contributed by atoms with E-state index in [1.165, 1.54) is 4.88 Å². The number of alkyl halides is 1. The molecule has 0 aliphatic rings. The third-order valence-electron chi connectivity index (χ3n) is 3.00. The minimum absolute atomic E-state index is 0.186. The van der Waals surface area contributed by atoms with Gasteiger partial charge in [-0.3, -0.25) is 0 Å². The molecule has 2 atom stereocenters. The second-order valence-electron chi connectivity index (χ2n) is 4.38. The third kappa shape index (κ3) is 2.72. The van der Waals surface area contributed by atoms with Crippen molar-refractivity contribution >= 4 is 11.3 Å². The average Bonchev–Trinajstić information content (AvgIpc) is 2.76. The molecule has 0 saturated carbocycles. The fraction of sp³-hybridized carbons (Fsp3) is 0.333. The molecular formula is C15H17FOS. The number of aryl methyl sites for hydroxylation is 1. The van der Waals surface area contributed by atoms with E-state index in [0.29, 0.717) is 0 Å². The lowest BCUT2D eigenvalue weighted by Gasteiger charge is -2.17. The monoisotopic (exact) mass is 264 g/mol. The molecule has 3 heteroatoms. The molecule has 2 aromatic rings. The summed E-state index contributed by atoms with van der Waals surface area (Å²) >= 11 is 1.66. The summed E-state index contributed by atoms with van der Waals surface area (Å²) < 4.78 is 19.0. The highest BCUT2D eigenvalue weighted by Crippen LogP contribution is 2.34. The summed E-state index contributed by atoms with van der Waals surface area (Å²) in [5, 5.41) is 0. The molecule has 1 aromatic heterocycles. The van der Waals surface area contributed by atoms with E-state index in [0.717, 1.165) is 16.2 Å². The van der Waals surface area contributed by atoms with Gasteiger partial charge in [0.05, 0.1) is 7.11 Å². The number of hydrogen-bond acceptors (Lipinski definition) is 2. The van der Waals surface area contributed by atoms with E-state index in [1.807, 2.05) is 43.3 Å². The van der Waals surface area contributed by atoms with Gasteiger partial charge >= 0.3 is 0 Å². The quantitative estimate of drug-likeness (QED) is 0.787. The van der Waals surface area contributed by atoms with Gasteiger partial charge < -0.3 is 4.74 Å². The molecule has 0 aliphatic heterocycles. The molecule has 18 heavy (non-hydrogen) atoms. The van der Waals surface area contributed by atoms with E-state index in [9.17, 15) is 4.39 Å². The summed E-state index contributed by atoms with van der Waals surface area (Å²) in [5.74, 6) is 0.612. The Morgan fingerprint density at radius 3 is 2.22 bits per heavy atom. The average molecular weight is 264 g/mol. The summed E-state index contributed by atoms with van der Waals surface area (Å²) in [6.07, 6.45) is -0.906. The summed E-state index contributed by atoms with van der Waals surface area (Å²) in [6, 6.07) is 11.7. The van der Waals surface area contributed by atoms with Crippen LogP contribution < -0.4 is 4.74 Å². The number of methoxy groups -OCH3 is 1. The number of hydrogen-bond donors (Lipinski definition) is 0. The summed E-state index contributed by atoms with van der Waals surface area (Å²) in [6.45, 7) is 3.66. The summed E-state index contributed by atoms with van der Waals surface area (Å²) in [7, 11) is 1.63. The Morgan fingerprint density at radius 1 is 1.11 bits per heavy atom. The van der Waals surface area contributed by atoms with Crippen LogP contribution >= 0.6 is 11.3 Å². The standard InChI is InChI=1S/C15H17FOS/c1-10-4-9-14(18-10)15(11(2)16)12-5-7-13(17-3)8-6-12/h4-9,11,15H,1-3H3. The van der Waals surface area contributed by atoms with Gasteiger partial charge in [-0.25, -0.2) is 4.39 Å². The first-order chi connectivity index (χ1) is 8.61. The Balaban J connectivity index is 2.35. The summed E-state index contributed by atoms with van der Waals surface area (Å²) in [4.78, 5) is 2.29. The molecule has 0 aliphatic carbocycles. The minimum Gasteiger partial charge on any atom is -0.497 e. The van der Waals surface area contributed by atoms with E-state index in [-0.39, 0.29) is 5.92 Å². The van der Waals surface area contributed by atoms with Crippen molar-refractivity contribution in [2.45, 2.75) is 25.9 Å². The predicted octanol–water partition coefficient (Wildman–Crippen LogP) is 4.56. The van der Waals surface area contributed by atoms with Crippen molar-refractivity contribution in [1.82, 2.24) is 0 Å². The fourth-order valence-electron chi connectivity index (χ4n) is 2.09. The van der Waals surface area contributed by atoms with Crippen molar-refractivity contribution in [3.63, 3.8) is 0 Å². The maximum Gasteiger partial charge on any atom is 0.118 e. The lowest BCUT2D eigenvalue weighted by molar-refractivity contribution is 0.331. The Kier molecular flexibility index (Phi) is 4.02. The third-order valence-corrected chi connectivity index (χ3v) is 4.09. The van der Waals surface area contributed by atoms with Crippen LogP contribution in [0, 0.1) is 6.92 Å². The van der Waals surface area contributed by atoms with Gasteiger partial charge in [-0.15, -0.1) is 11.3 Å². The van der Waals surface area contributed by atoms with Crippen molar-refractivity contribution in [3.8, 4) is 5.75 Å². The van der Waals surface area contributed by atoms with Crippen LogP contribution in [0.5, 0.6) is 5.75 Å². The zero-order valence-corrected chi connectivity index (χ0v) is 11.6. The van der Waals surface area contributed by atoms with E-state index >= 15 is 0 Å². The highest BCUT2D eigenvalue weighted by Gasteiger charge is 2.22. The van der Waals surface area contributed by atoms with E-state index in [1.54, 1.807) is 25.4 Å². The van der Waals surface area contributed by atoms with Crippen LogP contribution in [0.4, 0.5) is 4.39 Å². The Morgan fingerprint density at radius 2 is 1.78 bits per heavy atom. The van der Waals surface area contributed by atoms with Gasteiger partial charge in [0.1, 0.15) is 11.9 Å². The number of rotatable bonds is 4. The molecule has 0 saturated heterocycles. The smallest absolute Gasteiger partial charge is 0.118 e. The molecule has 0 N–H and O–H groups in total. The Labute approximate surface area is 111 Å². The Bertz CT molecular complexity index is 501. The number of benzene rings is 1. The van der Waals surface area contributed by atoms with Gasteiger partial charge in [0.25, 0.3) is 0 Å². The van der Waals surface area contributed by atoms with E-state index in [2.05, 4.69) is 0 Å². The van der Waals surface area contributed by atoms with Crippen molar-refractivity contribution in [3.05, 3.63) is 51.7 Å². The zero-order chi connectivity index (χ0) is 13.1. The molecule has 96 valence electrons. The first kappa shape index (κ1) is 13.1. The van der Waals surface area contributed by atoms with E-state index in [4.69, 9.17) is 4.74 Å². The van der Waals surface area contributed by atoms with Crippen molar-refractivity contribution < 1.29 is 9.13 Å². The lowest BCUT2D eigenvalue weighted by atomic mass is 9.93. The first-order valence-electron chi connectivity index (χ1n) is 5.96. The first-order valence-corrected chi connectivity index (χ1v) is 6.78. The van der Waals surface area contributed by atoms with Gasteiger partial charge in [-0.05, 0) is 43.7 Å². The van der Waals surface area contributed by atoms with Crippen molar-refractivity contribution in [2.24, 2.45) is 0 Å². The molecule has 1 aromatic carbocycles. The maximum atomic E-state index is 13.9. The lowest BCUT2D eigenvalue weighted by Crippen LogP contribution is -2.10. The molecule has 0 radical (unpaired) electrons. The minimum atomic E-state index is -0.906. The highest BCUT2D eigenvalue weighted by atomic mass is 32.1. The molecular weight excluding hydrogens is 247 g/mol. The van der Waals surface area contributed by atoms with Crippen LogP contribution in [-0.4, -0.2) is 13.3 Å². The number of halogens is 1. The second kappa shape index (κ2) is 5.53. The second-order valence-corrected chi connectivity index (χ2v) is 5.70. The highest BCUT2D eigenvalue weighted by molar-refractivity contribution is 7.12.